The van der Waals surface area contributed by atoms with Crippen LogP contribution < -0.4 is 31.9 Å². The molecule has 0 saturated heterocycles. The SMILES string of the molecule is CNC(=O)C[C@@H]1NC(=O)c2csc(n2)-c2ccc(-c3nc(NC(=O)C4CC[C@H]4C(=O)O)cs3)nc2-c2csc(n2)-c2csc(n2)[C@H]([C@@H](O)c2ccccc2)NC(=O)CNC(=O)C2N=C(NC(=O)c3nc1sc3C)SC2COC. The average Bonchev–Trinajstić information content (AvgIpc) is 4.29. The Kier molecular flexibility index (Phi) is 16.2. The smallest absolute Gasteiger partial charge is 0.307 e. The van der Waals surface area contributed by atoms with E-state index in [0.29, 0.717) is 71.7 Å². The molecule has 10 rings (SSSR count). The zero-order valence-corrected chi connectivity index (χ0v) is 46.1. The van der Waals surface area contributed by atoms with E-state index in [4.69, 9.17) is 24.7 Å². The van der Waals surface area contributed by atoms with Crippen molar-refractivity contribution in [3.05, 3.63) is 95.8 Å². The number of thioether (sulfide) groups is 1. The van der Waals surface area contributed by atoms with Crippen LogP contribution in [-0.4, -0.2) is 125 Å². The van der Waals surface area contributed by atoms with Crippen molar-refractivity contribution in [3.63, 3.8) is 0 Å². The minimum absolute atomic E-state index is 0.000891. The Bertz CT molecular complexity index is 3500. The van der Waals surface area contributed by atoms with Crippen molar-refractivity contribution < 1.29 is 48.5 Å². The maximum atomic E-state index is 14.2. The number of aliphatic imine (C=N–C) groups is 1. The summed E-state index contributed by atoms with van der Waals surface area (Å²) in [6.07, 6.45) is -0.635. The van der Waals surface area contributed by atoms with Gasteiger partial charge in [0, 0.05) is 46.1 Å². The molecule has 6 amide bonds. The highest BCUT2D eigenvalue weighted by Gasteiger charge is 2.42. The minimum Gasteiger partial charge on any atom is -0.481 e. The van der Waals surface area contributed by atoms with Gasteiger partial charge in [0.15, 0.2) is 5.17 Å². The lowest BCUT2D eigenvalue weighted by Gasteiger charge is -2.31. The average molecular weight is 1170 g/mol. The van der Waals surface area contributed by atoms with Crippen molar-refractivity contribution in [2.45, 2.75) is 55.7 Å². The Morgan fingerprint density at radius 3 is 2.27 bits per heavy atom. The van der Waals surface area contributed by atoms with E-state index in [1.807, 2.05) is 0 Å². The summed E-state index contributed by atoms with van der Waals surface area (Å²) in [4.78, 5) is 127. The lowest BCUT2D eigenvalue weighted by atomic mass is 9.73. The Hall–Kier alpha value is -7.25. The Morgan fingerprint density at radius 1 is 0.782 bits per heavy atom. The van der Waals surface area contributed by atoms with Crippen LogP contribution in [0.5, 0.6) is 0 Å². The van der Waals surface area contributed by atoms with Crippen molar-refractivity contribution in [1.29, 1.82) is 0 Å². The summed E-state index contributed by atoms with van der Waals surface area (Å²) in [5.74, 6) is -5.61. The Balaban J connectivity index is 1.03. The summed E-state index contributed by atoms with van der Waals surface area (Å²) in [6, 6.07) is 9.04. The number of carboxylic acid groups (broad SMARTS) is 1. The van der Waals surface area contributed by atoms with Crippen LogP contribution in [0.3, 0.4) is 0 Å². The van der Waals surface area contributed by atoms with Crippen LogP contribution in [0.2, 0.25) is 0 Å². The number of nitrogens with zero attached hydrogens (tertiary/aromatic N) is 7. The second-order valence-electron chi connectivity index (χ2n) is 17.8. The first kappa shape index (κ1) is 54.1. The van der Waals surface area contributed by atoms with Gasteiger partial charge in [-0.15, -0.1) is 56.7 Å². The van der Waals surface area contributed by atoms with Crippen molar-refractivity contribution in [2.24, 2.45) is 16.8 Å². The zero-order chi connectivity index (χ0) is 54.8. The lowest BCUT2D eigenvalue weighted by molar-refractivity contribution is -0.151. The normalized spacial score (nSPS) is 21.0. The molecule has 8 N–H and O–H groups in total. The Morgan fingerprint density at radius 2 is 1.51 bits per heavy atom. The van der Waals surface area contributed by atoms with Crippen LogP contribution in [0, 0.1) is 18.8 Å². The van der Waals surface area contributed by atoms with Gasteiger partial charge < -0.3 is 41.5 Å². The van der Waals surface area contributed by atoms with Gasteiger partial charge in [-0.1, -0.05) is 42.1 Å². The molecule has 3 aliphatic rings. The van der Waals surface area contributed by atoms with E-state index in [1.165, 1.54) is 48.2 Å². The van der Waals surface area contributed by atoms with Crippen LogP contribution in [-0.2, 0) is 28.7 Å². The number of carbonyl (C=O) groups excluding carboxylic acids is 6. The fraction of sp³-hybridized carbons (Fsp3) is 0.306. The predicted molar refractivity (Wildman–Crippen MR) is 294 cm³/mol. The standard InChI is InChI=1S/C49H45N13O10S6/c1-20-34-42(69)62-49-61-36(30(78-49)15-72-3)41(68)51-14-33(64)59-37(38(65)21-7-5-4-6-8-21)47-56-29(18-75-47)45-54-27(16-74-45)35-24(43-55-28(17-73-43)40(67)53-26(13-32(63)50-2)46(60-34)77-20)11-12-25(52-35)44-58-31(19-76-44)57-39(66)22-9-10-23(22)48(70)71/h4-8,11-12,16-19,22-23,26,30,36-38,65H,9-10,13-15H2,1-3H3,(H,50,63)(H,51,68)(H,53,67)(H,57,66)(H,59,64)(H,70,71)(H,61,62,69)/t22?,23-,26+,30?,36?,37+,38+/m1/s1. The van der Waals surface area contributed by atoms with Crippen molar-refractivity contribution >= 4 is 121 Å². The molecule has 0 spiro atoms. The van der Waals surface area contributed by atoms with Gasteiger partial charge in [0.2, 0.25) is 23.6 Å². The van der Waals surface area contributed by atoms with Gasteiger partial charge >= 0.3 is 5.97 Å². The second-order valence-corrected chi connectivity index (χ2v) is 23.7. The number of fused-ring (bicyclic) bond motifs is 13. The number of hydrogen-bond acceptors (Lipinski definition) is 22. The molecule has 10 bridgehead atoms. The number of amides is 6. The number of aromatic nitrogens is 6. The molecule has 78 heavy (non-hydrogen) atoms. The third-order valence-electron chi connectivity index (χ3n) is 12.7. The maximum Gasteiger partial charge on any atom is 0.307 e. The highest BCUT2D eigenvalue weighted by molar-refractivity contribution is 8.14. The van der Waals surface area contributed by atoms with E-state index in [-0.39, 0.29) is 40.4 Å². The number of carboxylic acids is 1. The topological polar surface area (TPSA) is 331 Å². The minimum atomic E-state index is -1.27. The fourth-order valence-electron chi connectivity index (χ4n) is 8.55. The lowest BCUT2D eigenvalue weighted by Crippen LogP contribution is -2.45. The number of rotatable bonds is 10. The quantitative estimate of drug-likeness (QED) is 0.0869. The van der Waals surface area contributed by atoms with Crippen LogP contribution in [0.4, 0.5) is 5.82 Å². The number of pyridine rings is 1. The zero-order valence-electron chi connectivity index (χ0n) is 41.2. The summed E-state index contributed by atoms with van der Waals surface area (Å²) < 4.78 is 5.39. The molecule has 29 heteroatoms. The van der Waals surface area contributed by atoms with Crippen molar-refractivity contribution in [3.8, 4) is 43.4 Å². The van der Waals surface area contributed by atoms with E-state index < -0.39 is 89.3 Å². The van der Waals surface area contributed by atoms with E-state index in [9.17, 15) is 43.8 Å². The molecular weight excluding hydrogens is 1120 g/mol. The highest BCUT2D eigenvalue weighted by Crippen LogP contribution is 2.41. The molecular formula is C49H45N13O10S6. The van der Waals surface area contributed by atoms with Crippen molar-refractivity contribution in [1.82, 2.24) is 56.5 Å². The number of anilines is 1. The Labute approximate surface area is 467 Å². The molecule has 1 saturated carbocycles. The van der Waals surface area contributed by atoms with Crippen LogP contribution in [0.1, 0.15) is 78.9 Å². The largest absolute Gasteiger partial charge is 0.481 e. The van der Waals surface area contributed by atoms with Gasteiger partial charge in [0.1, 0.15) is 77.5 Å². The van der Waals surface area contributed by atoms with Crippen molar-refractivity contribution in [2.75, 3.05) is 32.6 Å². The number of benzene rings is 1. The third kappa shape index (κ3) is 11.6. The van der Waals surface area contributed by atoms with Crippen LogP contribution in [0.15, 0.2) is 69.0 Å². The summed E-state index contributed by atoms with van der Waals surface area (Å²) in [5.41, 5.74) is 2.56. The number of thiazole rings is 5. The molecule has 23 nitrogen and oxygen atoms in total. The fourth-order valence-corrected chi connectivity index (χ4v) is 13.9. The second kappa shape index (κ2) is 23.4. The third-order valence-corrected chi connectivity index (χ3v) is 18.5. The molecule has 7 aromatic rings. The van der Waals surface area contributed by atoms with E-state index >= 15 is 0 Å². The number of aryl methyl sites for hydroxylation is 1. The van der Waals surface area contributed by atoms with Gasteiger partial charge in [-0.25, -0.2) is 34.9 Å². The van der Waals surface area contributed by atoms with Gasteiger partial charge in [-0.05, 0) is 37.5 Å². The first-order valence-corrected chi connectivity index (χ1v) is 29.1. The van der Waals surface area contributed by atoms with Gasteiger partial charge in [0.25, 0.3) is 11.8 Å². The first-order valence-electron chi connectivity index (χ1n) is 23.9. The number of nitrogens with one attached hydrogen (secondary N) is 6. The molecule has 8 heterocycles. The number of aliphatic hydroxyl groups excluding tert-OH is 1. The molecule has 3 unspecified atom stereocenters. The summed E-state index contributed by atoms with van der Waals surface area (Å²) in [7, 11) is 2.91. The molecule has 7 atom stereocenters. The maximum absolute atomic E-state index is 14.2. The number of amidine groups is 1. The molecule has 0 radical (unpaired) electrons. The van der Waals surface area contributed by atoms with Gasteiger partial charge in [-0.3, -0.25) is 38.9 Å². The summed E-state index contributed by atoms with van der Waals surface area (Å²) in [5, 5.41) is 45.9. The number of methoxy groups -OCH3 is 1. The highest BCUT2D eigenvalue weighted by atomic mass is 32.2. The number of hydrogen-bond donors (Lipinski definition) is 8. The molecule has 1 fully saturated rings. The number of carbonyl (C=O) groups is 7. The van der Waals surface area contributed by atoms with E-state index in [2.05, 4.69) is 46.9 Å². The van der Waals surface area contributed by atoms with Gasteiger partial charge in [0.05, 0.1) is 48.4 Å². The first-order chi connectivity index (χ1) is 37.6. The van der Waals surface area contributed by atoms with Gasteiger partial charge in [-0.2, -0.15) is 0 Å². The van der Waals surface area contributed by atoms with E-state index in [0.717, 1.165) is 34.4 Å². The molecule has 402 valence electrons. The number of aliphatic carboxylic acids is 1. The predicted octanol–water partition coefficient (Wildman–Crippen LogP) is 5.23. The summed E-state index contributed by atoms with van der Waals surface area (Å²) in [6.45, 7) is 1.23. The molecule has 1 aliphatic carbocycles. The number of ether oxygens (including phenoxy) is 1. The van der Waals surface area contributed by atoms with Crippen LogP contribution in [0.25, 0.3) is 43.4 Å². The monoisotopic (exact) mass is 1170 g/mol. The summed E-state index contributed by atoms with van der Waals surface area (Å²) >= 11 is 7.01. The van der Waals surface area contributed by atoms with Crippen LogP contribution >= 0.6 is 68.4 Å². The molecule has 6 aromatic heterocycles. The number of aliphatic hydroxyl groups is 1. The molecule has 2 aliphatic heterocycles. The molecule has 1 aromatic carbocycles. The van der Waals surface area contributed by atoms with E-state index in [1.54, 1.807) is 70.9 Å².